The molecule has 0 aromatic heterocycles. The van der Waals surface area contributed by atoms with Crippen molar-refractivity contribution in [1.29, 1.82) is 0 Å². The fourth-order valence-electron chi connectivity index (χ4n) is 0.611. The van der Waals surface area contributed by atoms with Crippen LogP contribution >= 0.6 is 0 Å². The van der Waals surface area contributed by atoms with Crippen LogP contribution in [0.15, 0.2) is 4.99 Å². The van der Waals surface area contributed by atoms with Crippen LogP contribution in [0.4, 0.5) is 0 Å². The number of aliphatic hydroxyl groups excluding tert-OH is 1. The lowest BCUT2D eigenvalue weighted by molar-refractivity contribution is 0.274. The van der Waals surface area contributed by atoms with Gasteiger partial charge in [-0.2, -0.15) is 0 Å². The highest BCUT2D eigenvalue weighted by molar-refractivity contribution is 5.78. The normalized spacial score (nSPS) is 15.2. The van der Waals surface area contributed by atoms with Crippen LogP contribution in [-0.2, 0) is 0 Å². The van der Waals surface area contributed by atoms with Crippen LogP contribution in [0.1, 0.15) is 20.8 Å². The molecular formula is C7H17N3O. The zero-order valence-corrected chi connectivity index (χ0v) is 7.33. The van der Waals surface area contributed by atoms with Crippen molar-refractivity contribution in [2.24, 2.45) is 10.7 Å². The highest BCUT2D eigenvalue weighted by Gasteiger charge is 1.98. The minimum absolute atomic E-state index is 0.0282. The highest BCUT2D eigenvalue weighted by atomic mass is 16.3. The molecule has 0 fully saturated rings. The number of nitrogens with one attached hydrogen (secondary N) is 1. The smallest absolute Gasteiger partial charge is 0.189 e. The molecule has 1 unspecified atom stereocenters. The van der Waals surface area contributed by atoms with Gasteiger partial charge in [0.15, 0.2) is 5.96 Å². The van der Waals surface area contributed by atoms with Gasteiger partial charge in [-0.05, 0) is 20.8 Å². The maximum Gasteiger partial charge on any atom is 0.189 e. The summed E-state index contributed by atoms with van der Waals surface area (Å²) in [6, 6.07) is 0.158. The second kappa shape index (κ2) is 4.96. The fraction of sp³-hybridized carbons (Fsp3) is 0.857. The third-order valence-corrected chi connectivity index (χ3v) is 1.06. The first kappa shape index (κ1) is 10.2. The van der Waals surface area contributed by atoms with Crippen molar-refractivity contribution in [2.45, 2.75) is 32.9 Å². The molecule has 0 aromatic rings. The Hall–Kier alpha value is -0.770. The average Bonchev–Trinajstić information content (AvgIpc) is 1.85. The van der Waals surface area contributed by atoms with Gasteiger partial charge >= 0.3 is 0 Å². The number of aliphatic imine (C=N–C) groups is 1. The van der Waals surface area contributed by atoms with E-state index < -0.39 is 0 Å². The van der Waals surface area contributed by atoms with Crippen molar-refractivity contribution in [1.82, 2.24) is 5.32 Å². The summed E-state index contributed by atoms with van der Waals surface area (Å²) in [5, 5.41) is 11.6. The van der Waals surface area contributed by atoms with Gasteiger partial charge in [-0.15, -0.1) is 0 Å². The molecule has 0 spiro atoms. The largest absolute Gasteiger partial charge is 0.394 e. The van der Waals surface area contributed by atoms with Crippen molar-refractivity contribution >= 4 is 5.96 Å². The van der Waals surface area contributed by atoms with E-state index in [1.807, 2.05) is 13.8 Å². The van der Waals surface area contributed by atoms with E-state index in [1.165, 1.54) is 0 Å². The van der Waals surface area contributed by atoms with E-state index in [4.69, 9.17) is 10.8 Å². The Morgan fingerprint density at radius 3 is 2.45 bits per heavy atom. The molecule has 1 atom stereocenters. The van der Waals surface area contributed by atoms with Crippen molar-refractivity contribution in [3.8, 4) is 0 Å². The lowest BCUT2D eigenvalue weighted by Crippen LogP contribution is -2.37. The molecule has 0 amide bonds. The van der Waals surface area contributed by atoms with Crippen LogP contribution in [0.5, 0.6) is 0 Å². The molecule has 0 aliphatic rings. The summed E-state index contributed by atoms with van der Waals surface area (Å²) in [5.74, 6) is 0.390. The Morgan fingerprint density at radius 1 is 1.55 bits per heavy atom. The summed E-state index contributed by atoms with van der Waals surface area (Å²) in [4.78, 5) is 3.97. The quantitative estimate of drug-likeness (QED) is 0.390. The van der Waals surface area contributed by atoms with Crippen molar-refractivity contribution in [3.05, 3.63) is 0 Å². The molecule has 0 rings (SSSR count). The lowest BCUT2D eigenvalue weighted by atomic mass is 10.4. The van der Waals surface area contributed by atoms with Crippen molar-refractivity contribution < 1.29 is 5.11 Å². The molecule has 0 heterocycles. The molecule has 0 saturated carbocycles. The first-order valence-corrected chi connectivity index (χ1v) is 3.77. The first-order valence-electron chi connectivity index (χ1n) is 3.77. The Labute approximate surface area is 67.5 Å². The molecule has 0 bridgehead atoms. The predicted molar refractivity (Wildman–Crippen MR) is 46.4 cm³/mol. The molecule has 11 heavy (non-hydrogen) atoms. The number of hydrogen-bond acceptors (Lipinski definition) is 2. The van der Waals surface area contributed by atoms with Gasteiger partial charge in [0, 0.05) is 6.04 Å². The minimum atomic E-state index is -0.124. The van der Waals surface area contributed by atoms with Gasteiger partial charge < -0.3 is 16.2 Å². The number of aliphatic hydroxyl groups is 1. The third-order valence-electron chi connectivity index (χ3n) is 1.06. The molecule has 0 aromatic carbocycles. The van der Waals surface area contributed by atoms with Crippen LogP contribution in [0, 0.1) is 0 Å². The summed E-state index contributed by atoms with van der Waals surface area (Å²) in [6.45, 7) is 5.79. The Kier molecular flexibility index (Phi) is 4.61. The summed E-state index contributed by atoms with van der Waals surface area (Å²) < 4.78 is 0. The molecule has 0 aliphatic carbocycles. The summed E-state index contributed by atoms with van der Waals surface area (Å²) in [5.41, 5.74) is 5.48. The standard InChI is InChI=1S/C7H17N3O/c1-5(2)9-7(8)10-6(3)4-11/h5-6,11H,4H2,1-3H3,(H3,8,9,10). The van der Waals surface area contributed by atoms with E-state index in [0.717, 1.165) is 0 Å². The monoisotopic (exact) mass is 159 g/mol. The number of nitrogens with two attached hydrogens (primary N) is 1. The van der Waals surface area contributed by atoms with Crippen LogP contribution in [0.2, 0.25) is 0 Å². The van der Waals surface area contributed by atoms with Crippen molar-refractivity contribution in [3.63, 3.8) is 0 Å². The molecule has 0 radical (unpaired) electrons. The highest BCUT2D eigenvalue weighted by Crippen LogP contribution is 1.85. The zero-order valence-electron chi connectivity index (χ0n) is 7.33. The van der Waals surface area contributed by atoms with Gasteiger partial charge in [0.1, 0.15) is 0 Å². The summed E-state index contributed by atoms with van der Waals surface area (Å²) >= 11 is 0. The van der Waals surface area contributed by atoms with E-state index in [2.05, 4.69) is 10.3 Å². The van der Waals surface area contributed by atoms with Gasteiger partial charge in [-0.1, -0.05) is 0 Å². The zero-order chi connectivity index (χ0) is 8.85. The van der Waals surface area contributed by atoms with Crippen LogP contribution in [-0.4, -0.2) is 29.8 Å². The second-order valence-electron chi connectivity index (χ2n) is 2.84. The maximum absolute atomic E-state index is 8.63. The van der Waals surface area contributed by atoms with Gasteiger partial charge in [0.05, 0.1) is 12.6 Å². The molecular weight excluding hydrogens is 142 g/mol. The number of rotatable bonds is 3. The van der Waals surface area contributed by atoms with Gasteiger partial charge in [0.2, 0.25) is 0 Å². The van der Waals surface area contributed by atoms with Gasteiger partial charge in [-0.25, -0.2) is 4.99 Å². The lowest BCUT2D eigenvalue weighted by Gasteiger charge is -2.10. The van der Waals surface area contributed by atoms with Gasteiger partial charge in [0.25, 0.3) is 0 Å². The third kappa shape index (κ3) is 5.66. The van der Waals surface area contributed by atoms with E-state index in [9.17, 15) is 0 Å². The number of guanidine groups is 1. The van der Waals surface area contributed by atoms with Gasteiger partial charge in [-0.3, -0.25) is 0 Å². The minimum Gasteiger partial charge on any atom is -0.394 e. The summed E-state index contributed by atoms with van der Waals surface area (Å²) in [6.07, 6.45) is 0. The molecule has 4 heteroatoms. The first-order chi connectivity index (χ1) is 5.06. The van der Waals surface area contributed by atoms with Crippen molar-refractivity contribution in [2.75, 3.05) is 6.61 Å². The van der Waals surface area contributed by atoms with E-state index >= 15 is 0 Å². The van der Waals surface area contributed by atoms with Crippen LogP contribution < -0.4 is 11.1 Å². The predicted octanol–water partition coefficient (Wildman–Crippen LogP) is -0.320. The average molecular weight is 159 g/mol. The molecule has 66 valence electrons. The Bertz CT molecular complexity index is 134. The fourth-order valence-corrected chi connectivity index (χ4v) is 0.611. The van der Waals surface area contributed by atoms with E-state index in [1.54, 1.807) is 6.92 Å². The number of nitrogens with zero attached hydrogens (tertiary/aromatic N) is 1. The van der Waals surface area contributed by atoms with Crippen LogP contribution in [0.25, 0.3) is 0 Å². The summed E-state index contributed by atoms with van der Waals surface area (Å²) in [7, 11) is 0. The SMILES string of the molecule is CC(CO)N=C(N)NC(C)C. The van der Waals surface area contributed by atoms with E-state index in [-0.39, 0.29) is 18.7 Å². The van der Waals surface area contributed by atoms with E-state index in [0.29, 0.717) is 5.96 Å². The Morgan fingerprint density at radius 2 is 2.09 bits per heavy atom. The molecule has 0 aliphatic heterocycles. The Balaban J connectivity index is 3.79. The molecule has 4 N–H and O–H groups in total. The number of hydrogen-bond donors (Lipinski definition) is 3. The second-order valence-corrected chi connectivity index (χ2v) is 2.84. The topological polar surface area (TPSA) is 70.6 Å². The molecule has 0 saturated heterocycles. The maximum atomic E-state index is 8.63. The molecule has 4 nitrogen and oxygen atoms in total. The van der Waals surface area contributed by atoms with Crippen LogP contribution in [0.3, 0.4) is 0 Å².